The fraction of sp³-hybridized carbons (Fsp3) is 0.444. The summed E-state index contributed by atoms with van der Waals surface area (Å²) in [5.41, 5.74) is -0.0382. The Labute approximate surface area is 139 Å². The molecule has 0 aliphatic carbocycles. The number of rotatable bonds is 4. The van der Waals surface area contributed by atoms with Crippen LogP contribution in [0.1, 0.15) is 31.2 Å². The predicted octanol–water partition coefficient (Wildman–Crippen LogP) is 2.24. The third kappa shape index (κ3) is 3.14. The monoisotopic (exact) mass is 331 g/mol. The van der Waals surface area contributed by atoms with Crippen LogP contribution in [0.3, 0.4) is 0 Å². The summed E-state index contributed by atoms with van der Waals surface area (Å²) in [5.74, 6) is -0.484. The van der Waals surface area contributed by atoms with Crippen LogP contribution in [0.15, 0.2) is 33.5 Å². The van der Waals surface area contributed by atoms with Gasteiger partial charge in [-0.05, 0) is 18.6 Å². The van der Waals surface area contributed by atoms with Crippen molar-refractivity contribution >= 4 is 16.9 Å². The number of hydrogen-bond acceptors (Lipinski definition) is 5. The SMILES string of the molecule is CC[C@H](CC(=O)N1CCOCC1)c1c(O)c2ccccc2oc1=O. The first-order chi connectivity index (χ1) is 11.6. The number of ether oxygens (including phenoxy) is 1. The Bertz CT molecular complexity index is 792. The smallest absolute Gasteiger partial charge is 0.343 e. The molecule has 1 aliphatic rings. The lowest BCUT2D eigenvalue weighted by molar-refractivity contribution is -0.135. The average molecular weight is 331 g/mol. The third-order valence-electron chi connectivity index (χ3n) is 4.51. The van der Waals surface area contributed by atoms with Gasteiger partial charge in [0, 0.05) is 25.4 Å². The summed E-state index contributed by atoms with van der Waals surface area (Å²) >= 11 is 0. The molecule has 6 heteroatoms. The van der Waals surface area contributed by atoms with Gasteiger partial charge in [-0.25, -0.2) is 4.79 Å². The van der Waals surface area contributed by atoms with Crippen molar-refractivity contribution in [3.05, 3.63) is 40.2 Å². The first-order valence-corrected chi connectivity index (χ1v) is 8.22. The van der Waals surface area contributed by atoms with E-state index in [1.807, 2.05) is 6.92 Å². The number of carbonyl (C=O) groups excluding carboxylic acids is 1. The number of carbonyl (C=O) groups is 1. The van der Waals surface area contributed by atoms with Crippen LogP contribution < -0.4 is 5.63 Å². The summed E-state index contributed by atoms with van der Waals surface area (Å²) in [5, 5.41) is 11.0. The highest BCUT2D eigenvalue weighted by Crippen LogP contribution is 2.34. The van der Waals surface area contributed by atoms with Gasteiger partial charge in [0.25, 0.3) is 0 Å². The number of benzene rings is 1. The summed E-state index contributed by atoms with van der Waals surface area (Å²) in [4.78, 5) is 26.6. The maximum atomic E-state index is 12.5. The molecule has 0 spiro atoms. The minimum atomic E-state index is -0.576. The third-order valence-corrected chi connectivity index (χ3v) is 4.51. The zero-order valence-electron chi connectivity index (χ0n) is 13.7. The minimum absolute atomic E-state index is 0.0305. The molecule has 6 nitrogen and oxygen atoms in total. The number of morpholine rings is 1. The van der Waals surface area contributed by atoms with Crippen LogP contribution in [0.5, 0.6) is 5.75 Å². The van der Waals surface area contributed by atoms with Gasteiger partial charge in [-0.15, -0.1) is 0 Å². The van der Waals surface area contributed by atoms with Crippen LogP contribution in [0.25, 0.3) is 11.0 Å². The predicted molar refractivity (Wildman–Crippen MR) is 89.2 cm³/mol. The Morgan fingerprint density at radius 2 is 2.00 bits per heavy atom. The molecule has 2 aromatic rings. The zero-order valence-corrected chi connectivity index (χ0v) is 13.7. The second-order valence-electron chi connectivity index (χ2n) is 5.95. The summed E-state index contributed by atoms with van der Waals surface area (Å²) in [6.45, 7) is 4.09. The van der Waals surface area contributed by atoms with Crippen LogP contribution in [0.4, 0.5) is 0 Å². The topological polar surface area (TPSA) is 80.0 Å². The molecule has 1 amide bonds. The van der Waals surface area contributed by atoms with Gasteiger partial charge in [0.05, 0.1) is 24.2 Å². The lowest BCUT2D eigenvalue weighted by Crippen LogP contribution is -2.41. The van der Waals surface area contributed by atoms with Crippen LogP contribution in [0, 0.1) is 0 Å². The van der Waals surface area contributed by atoms with E-state index in [9.17, 15) is 14.7 Å². The number of para-hydroxylation sites is 1. The highest BCUT2D eigenvalue weighted by molar-refractivity contribution is 5.84. The number of aromatic hydroxyl groups is 1. The van der Waals surface area contributed by atoms with E-state index >= 15 is 0 Å². The molecule has 1 atom stereocenters. The molecule has 1 saturated heterocycles. The fourth-order valence-corrected chi connectivity index (χ4v) is 3.11. The van der Waals surface area contributed by atoms with Crippen LogP contribution in [-0.2, 0) is 9.53 Å². The van der Waals surface area contributed by atoms with Crippen molar-refractivity contribution in [2.45, 2.75) is 25.7 Å². The Kier molecular flexibility index (Phi) is 4.85. The first-order valence-electron chi connectivity index (χ1n) is 8.22. The van der Waals surface area contributed by atoms with E-state index in [1.54, 1.807) is 29.2 Å². The number of hydrogen-bond donors (Lipinski definition) is 1. The van der Waals surface area contributed by atoms with Gasteiger partial charge in [-0.3, -0.25) is 4.79 Å². The molecule has 24 heavy (non-hydrogen) atoms. The van der Waals surface area contributed by atoms with Crippen molar-refractivity contribution in [2.75, 3.05) is 26.3 Å². The summed E-state index contributed by atoms with van der Waals surface area (Å²) in [6.07, 6.45) is 0.736. The molecule has 2 heterocycles. The van der Waals surface area contributed by atoms with Crippen LogP contribution in [0.2, 0.25) is 0 Å². The minimum Gasteiger partial charge on any atom is -0.507 e. The second-order valence-corrected chi connectivity index (χ2v) is 5.95. The van der Waals surface area contributed by atoms with E-state index in [2.05, 4.69) is 0 Å². The summed E-state index contributed by atoms with van der Waals surface area (Å²) in [6, 6.07) is 6.85. The molecule has 1 fully saturated rings. The van der Waals surface area contributed by atoms with Gasteiger partial charge in [-0.1, -0.05) is 19.1 Å². The van der Waals surface area contributed by atoms with E-state index in [0.717, 1.165) is 0 Å². The maximum absolute atomic E-state index is 12.5. The van der Waals surface area contributed by atoms with E-state index in [-0.39, 0.29) is 29.6 Å². The molecule has 3 rings (SSSR count). The largest absolute Gasteiger partial charge is 0.507 e. The van der Waals surface area contributed by atoms with Gasteiger partial charge in [-0.2, -0.15) is 0 Å². The highest BCUT2D eigenvalue weighted by atomic mass is 16.5. The molecule has 1 N–H and O–H groups in total. The molecular weight excluding hydrogens is 310 g/mol. The Hall–Kier alpha value is -2.34. The number of amides is 1. The van der Waals surface area contributed by atoms with Gasteiger partial charge in [0.2, 0.25) is 5.91 Å². The Balaban J connectivity index is 1.91. The summed E-state index contributed by atoms with van der Waals surface area (Å²) in [7, 11) is 0. The Morgan fingerprint density at radius 1 is 1.29 bits per heavy atom. The van der Waals surface area contributed by atoms with Crippen molar-refractivity contribution < 1.29 is 19.1 Å². The van der Waals surface area contributed by atoms with E-state index in [4.69, 9.17) is 9.15 Å². The fourth-order valence-electron chi connectivity index (χ4n) is 3.11. The normalized spacial score (nSPS) is 16.3. The van der Waals surface area contributed by atoms with Gasteiger partial charge in [0.1, 0.15) is 11.3 Å². The van der Waals surface area contributed by atoms with Crippen molar-refractivity contribution in [2.24, 2.45) is 0 Å². The second kappa shape index (κ2) is 7.05. The molecular formula is C18H21NO5. The molecule has 0 radical (unpaired) electrons. The van der Waals surface area contributed by atoms with Crippen molar-refractivity contribution in [3.63, 3.8) is 0 Å². The lowest BCUT2D eigenvalue weighted by atomic mass is 9.92. The van der Waals surface area contributed by atoms with Gasteiger partial charge < -0.3 is 19.2 Å². The van der Waals surface area contributed by atoms with E-state index in [1.165, 1.54) is 0 Å². The molecule has 1 aromatic carbocycles. The quantitative estimate of drug-likeness (QED) is 0.869. The standard InChI is InChI=1S/C18H21NO5/c1-2-12(11-15(20)19-7-9-23-10-8-19)16-17(21)13-5-3-4-6-14(13)24-18(16)22/h3-6,12,21H,2,7-11H2,1H3/t12-/m1/s1. The molecule has 1 aliphatic heterocycles. The van der Waals surface area contributed by atoms with Crippen LogP contribution in [-0.4, -0.2) is 42.2 Å². The molecule has 128 valence electrons. The van der Waals surface area contributed by atoms with E-state index in [0.29, 0.717) is 43.7 Å². The number of nitrogens with zero attached hydrogens (tertiary/aromatic N) is 1. The van der Waals surface area contributed by atoms with Crippen molar-refractivity contribution in [3.8, 4) is 5.75 Å². The average Bonchev–Trinajstić information content (AvgIpc) is 2.61. The number of fused-ring (bicyclic) bond motifs is 1. The molecule has 0 saturated carbocycles. The van der Waals surface area contributed by atoms with Crippen molar-refractivity contribution in [1.29, 1.82) is 0 Å². The van der Waals surface area contributed by atoms with Crippen molar-refractivity contribution in [1.82, 2.24) is 4.90 Å². The van der Waals surface area contributed by atoms with E-state index < -0.39 is 5.63 Å². The molecule has 0 bridgehead atoms. The van der Waals surface area contributed by atoms with Gasteiger partial charge in [0.15, 0.2) is 0 Å². The van der Waals surface area contributed by atoms with Crippen LogP contribution >= 0.6 is 0 Å². The highest BCUT2D eigenvalue weighted by Gasteiger charge is 2.26. The molecule has 1 aromatic heterocycles. The first kappa shape index (κ1) is 16.5. The maximum Gasteiger partial charge on any atom is 0.343 e. The Morgan fingerprint density at radius 3 is 2.71 bits per heavy atom. The van der Waals surface area contributed by atoms with Gasteiger partial charge >= 0.3 is 5.63 Å². The molecule has 0 unspecified atom stereocenters. The lowest BCUT2D eigenvalue weighted by Gasteiger charge is -2.28. The summed E-state index contributed by atoms with van der Waals surface area (Å²) < 4.78 is 10.6. The zero-order chi connectivity index (χ0) is 17.1.